The van der Waals surface area contributed by atoms with Gasteiger partial charge in [0, 0.05) is 29.7 Å². The molecule has 8 heteroatoms. The summed E-state index contributed by atoms with van der Waals surface area (Å²) in [6.45, 7) is 2.37. The summed E-state index contributed by atoms with van der Waals surface area (Å²) >= 11 is 1.44. The van der Waals surface area contributed by atoms with Crippen molar-refractivity contribution >= 4 is 26.1 Å². The van der Waals surface area contributed by atoms with E-state index in [1.165, 1.54) is 17.4 Å². The molecule has 0 bridgehead atoms. The van der Waals surface area contributed by atoms with Crippen molar-refractivity contribution in [1.82, 2.24) is 14.3 Å². The molecule has 3 rings (SSSR count). The van der Waals surface area contributed by atoms with Crippen LogP contribution in [0.3, 0.4) is 0 Å². The van der Waals surface area contributed by atoms with Gasteiger partial charge in [-0.25, -0.2) is 13.4 Å². The van der Waals surface area contributed by atoms with Crippen LogP contribution in [0.1, 0.15) is 17.8 Å². The Labute approximate surface area is 127 Å². The highest BCUT2D eigenvalue weighted by molar-refractivity contribution is 7.91. The summed E-state index contributed by atoms with van der Waals surface area (Å²) in [5.74, 6) is 0.448. The number of rotatable bonds is 3. The second-order valence-electron chi connectivity index (χ2n) is 5.55. The number of thiazole rings is 1. The van der Waals surface area contributed by atoms with Gasteiger partial charge in [0.15, 0.2) is 14.8 Å². The third kappa shape index (κ3) is 2.88. The van der Waals surface area contributed by atoms with Crippen molar-refractivity contribution in [2.24, 2.45) is 0 Å². The van der Waals surface area contributed by atoms with Gasteiger partial charge in [-0.3, -0.25) is 14.1 Å². The van der Waals surface area contributed by atoms with E-state index in [-0.39, 0.29) is 23.1 Å². The highest BCUT2D eigenvalue weighted by atomic mass is 32.2. The van der Waals surface area contributed by atoms with Crippen LogP contribution in [0.2, 0.25) is 0 Å². The quantitative estimate of drug-likeness (QED) is 0.829. The van der Waals surface area contributed by atoms with E-state index in [0.717, 1.165) is 5.69 Å². The maximum atomic E-state index is 12.1. The molecule has 0 amide bonds. The van der Waals surface area contributed by atoms with Crippen LogP contribution in [-0.2, 0) is 16.4 Å². The molecule has 114 valence electrons. The Hall–Kier alpha value is -1.25. The van der Waals surface area contributed by atoms with E-state index in [2.05, 4.69) is 4.98 Å². The topological polar surface area (TPSA) is 71.8 Å². The number of sulfone groups is 1. The van der Waals surface area contributed by atoms with Gasteiger partial charge in [-0.2, -0.15) is 0 Å². The zero-order chi connectivity index (χ0) is 15.2. The summed E-state index contributed by atoms with van der Waals surface area (Å²) < 4.78 is 24.7. The Morgan fingerprint density at radius 3 is 2.95 bits per heavy atom. The third-order valence-corrected chi connectivity index (χ3v) is 6.57. The molecule has 2 aromatic rings. The highest BCUT2D eigenvalue weighted by Gasteiger charge is 2.30. The Morgan fingerprint density at radius 1 is 1.52 bits per heavy atom. The summed E-state index contributed by atoms with van der Waals surface area (Å²) in [4.78, 5) is 19.3. The van der Waals surface area contributed by atoms with Crippen molar-refractivity contribution in [3.63, 3.8) is 0 Å². The zero-order valence-electron chi connectivity index (χ0n) is 11.9. The largest absolute Gasteiger partial charge is 0.297 e. The Morgan fingerprint density at radius 2 is 2.29 bits per heavy atom. The molecule has 0 aliphatic carbocycles. The molecule has 1 aliphatic heterocycles. The summed E-state index contributed by atoms with van der Waals surface area (Å²) in [7, 11) is -1.01. The standard InChI is InChI=1S/C13H17N3O3S2/c1-9-7-20-13-14-10(5-12(17)16(9)13)6-15(2)11-3-4-21(18,19)8-11/h5,7,11H,3-4,6,8H2,1-2H3/t11-/m0/s1. The molecule has 1 atom stereocenters. The van der Waals surface area contributed by atoms with Crippen LogP contribution in [0.5, 0.6) is 0 Å². The average Bonchev–Trinajstić information content (AvgIpc) is 2.93. The number of hydrogen-bond donors (Lipinski definition) is 0. The molecule has 2 aromatic heterocycles. The molecular formula is C13H17N3O3S2. The van der Waals surface area contributed by atoms with Gasteiger partial charge in [0.05, 0.1) is 17.2 Å². The summed E-state index contributed by atoms with van der Waals surface area (Å²) in [5, 5.41) is 1.90. The van der Waals surface area contributed by atoms with Crippen LogP contribution >= 0.6 is 11.3 Å². The third-order valence-electron chi connectivity index (χ3n) is 3.87. The Bertz CT molecular complexity index is 838. The predicted molar refractivity (Wildman–Crippen MR) is 82.6 cm³/mol. The monoisotopic (exact) mass is 327 g/mol. The lowest BCUT2D eigenvalue weighted by Gasteiger charge is -2.22. The average molecular weight is 327 g/mol. The minimum Gasteiger partial charge on any atom is -0.297 e. The minimum atomic E-state index is -2.90. The molecule has 1 aliphatic rings. The molecule has 6 nitrogen and oxygen atoms in total. The van der Waals surface area contributed by atoms with E-state index in [0.29, 0.717) is 23.6 Å². The van der Waals surface area contributed by atoms with E-state index in [9.17, 15) is 13.2 Å². The fourth-order valence-electron chi connectivity index (χ4n) is 2.69. The van der Waals surface area contributed by atoms with Crippen molar-refractivity contribution in [1.29, 1.82) is 0 Å². The van der Waals surface area contributed by atoms with Crippen LogP contribution in [-0.4, -0.2) is 47.3 Å². The van der Waals surface area contributed by atoms with Gasteiger partial charge in [-0.05, 0) is 20.4 Å². The SMILES string of the molecule is Cc1csc2nc(CN(C)[C@H]3CCS(=O)(=O)C3)cc(=O)n12. The van der Waals surface area contributed by atoms with Gasteiger partial charge in [0.25, 0.3) is 5.56 Å². The number of aromatic nitrogens is 2. The van der Waals surface area contributed by atoms with Gasteiger partial charge in [0.2, 0.25) is 0 Å². The molecule has 1 fully saturated rings. The van der Waals surface area contributed by atoms with Crippen LogP contribution in [0.15, 0.2) is 16.2 Å². The Balaban J connectivity index is 1.83. The van der Waals surface area contributed by atoms with Crippen molar-refractivity contribution in [3.8, 4) is 0 Å². The van der Waals surface area contributed by atoms with Crippen molar-refractivity contribution in [2.45, 2.75) is 25.9 Å². The van der Waals surface area contributed by atoms with Gasteiger partial charge < -0.3 is 0 Å². The first-order valence-corrected chi connectivity index (χ1v) is 9.43. The van der Waals surface area contributed by atoms with Crippen molar-refractivity contribution < 1.29 is 8.42 Å². The maximum absolute atomic E-state index is 12.1. The second-order valence-corrected chi connectivity index (χ2v) is 8.62. The first-order valence-electron chi connectivity index (χ1n) is 6.73. The van der Waals surface area contributed by atoms with E-state index < -0.39 is 9.84 Å². The van der Waals surface area contributed by atoms with Crippen LogP contribution in [0.25, 0.3) is 4.96 Å². The van der Waals surface area contributed by atoms with Crippen LogP contribution < -0.4 is 5.56 Å². The zero-order valence-corrected chi connectivity index (χ0v) is 13.6. The lowest BCUT2D eigenvalue weighted by atomic mass is 10.2. The van der Waals surface area contributed by atoms with Crippen molar-refractivity contribution in [3.05, 3.63) is 33.2 Å². The number of fused-ring (bicyclic) bond motifs is 1. The van der Waals surface area contributed by atoms with Crippen LogP contribution in [0, 0.1) is 6.92 Å². The van der Waals surface area contributed by atoms with Crippen molar-refractivity contribution in [2.75, 3.05) is 18.6 Å². The number of hydrogen-bond acceptors (Lipinski definition) is 6. The molecule has 0 saturated carbocycles. The molecular weight excluding hydrogens is 310 g/mol. The van der Waals surface area contributed by atoms with E-state index >= 15 is 0 Å². The van der Waals surface area contributed by atoms with E-state index in [4.69, 9.17) is 0 Å². The molecule has 3 heterocycles. The summed E-state index contributed by atoms with van der Waals surface area (Å²) in [5.41, 5.74) is 1.49. The van der Waals surface area contributed by atoms with E-state index in [1.807, 2.05) is 24.3 Å². The first-order chi connectivity index (χ1) is 9.85. The lowest BCUT2D eigenvalue weighted by Crippen LogP contribution is -2.33. The maximum Gasteiger partial charge on any atom is 0.259 e. The fraction of sp³-hybridized carbons (Fsp3) is 0.538. The molecule has 0 radical (unpaired) electrons. The number of nitrogens with zero attached hydrogens (tertiary/aromatic N) is 3. The molecule has 21 heavy (non-hydrogen) atoms. The molecule has 0 spiro atoms. The number of aryl methyl sites for hydroxylation is 1. The van der Waals surface area contributed by atoms with Gasteiger partial charge in [-0.1, -0.05) is 0 Å². The van der Waals surface area contributed by atoms with Crippen LogP contribution in [0.4, 0.5) is 0 Å². The molecule has 0 N–H and O–H groups in total. The van der Waals surface area contributed by atoms with Gasteiger partial charge in [0.1, 0.15) is 0 Å². The fourth-order valence-corrected chi connectivity index (χ4v) is 5.39. The van der Waals surface area contributed by atoms with Gasteiger partial charge >= 0.3 is 0 Å². The Kier molecular flexibility index (Phi) is 3.62. The smallest absolute Gasteiger partial charge is 0.259 e. The second kappa shape index (κ2) is 5.19. The van der Waals surface area contributed by atoms with Gasteiger partial charge in [-0.15, -0.1) is 11.3 Å². The highest BCUT2D eigenvalue weighted by Crippen LogP contribution is 2.18. The first kappa shape index (κ1) is 14.7. The molecule has 1 saturated heterocycles. The normalized spacial score (nSPS) is 21.4. The predicted octanol–water partition coefficient (Wildman–Crippen LogP) is 0.683. The van der Waals surface area contributed by atoms with E-state index in [1.54, 1.807) is 4.40 Å². The lowest BCUT2D eigenvalue weighted by molar-refractivity contribution is 0.251. The summed E-state index contributed by atoms with van der Waals surface area (Å²) in [6, 6.07) is 1.55. The minimum absolute atomic E-state index is 0.0142. The molecule has 0 unspecified atom stereocenters. The molecule has 0 aromatic carbocycles. The summed E-state index contributed by atoms with van der Waals surface area (Å²) in [6.07, 6.45) is 0.651.